The second-order valence-corrected chi connectivity index (χ2v) is 2.96. The minimum Gasteiger partial charge on any atom is -0.490 e. The smallest absolute Gasteiger partial charge is 0.223 e. The van der Waals surface area contributed by atoms with Crippen molar-refractivity contribution in [2.45, 2.75) is 6.42 Å². The number of hydrogen-bond acceptors (Lipinski definition) is 3. The minimum atomic E-state index is -0.521. The highest BCUT2D eigenvalue weighted by Gasteiger charge is 2.04. The van der Waals surface area contributed by atoms with E-state index in [1.807, 2.05) is 0 Å². The first-order valence-corrected chi connectivity index (χ1v) is 4.52. The molecule has 0 aliphatic rings. The molecule has 0 spiro atoms. The van der Waals surface area contributed by atoms with E-state index >= 15 is 0 Å². The zero-order chi connectivity index (χ0) is 11.3. The van der Waals surface area contributed by atoms with Gasteiger partial charge < -0.3 is 15.8 Å². The number of nitrogens with two attached hydrogens (primary N) is 1. The summed E-state index contributed by atoms with van der Waals surface area (Å²) in [4.78, 5) is 10.8. The summed E-state index contributed by atoms with van der Waals surface area (Å²) in [5.41, 5.74) is 5.71. The molecule has 0 fully saturated rings. The fraction of sp³-hybridized carbons (Fsp3) is 0.300. The van der Waals surface area contributed by atoms with Crippen molar-refractivity contribution in [1.29, 1.82) is 0 Å². The normalized spacial score (nSPS) is 9.73. The van der Waals surface area contributed by atoms with Gasteiger partial charge in [0.25, 0.3) is 0 Å². The van der Waals surface area contributed by atoms with Crippen LogP contribution in [0.1, 0.15) is 6.42 Å². The van der Waals surface area contributed by atoms with E-state index in [9.17, 15) is 9.18 Å². The fourth-order valence-electron chi connectivity index (χ4n) is 1.01. The summed E-state index contributed by atoms with van der Waals surface area (Å²) >= 11 is 0. The van der Waals surface area contributed by atoms with Crippen LogP contribution in [0.25, 0.3) is 0 Å². The van der Waals surface area contributed by atoms with Crippen LogP contribution >= 0.6 is 0 Å². The number of halogens is 1. The summed E-state index contributed by atoms with van der Waals surface area (Å²) in [7, 11) is 1.53. The molecule has 0 bridgehead atoms. The topological polar surface area (TPSA) is 64.3 Å². The second-order valence-electron chi connectivity index (χ2n) is 2.96. The number of benzene rings is 1. The standard InChI is InChI=1S/C10H13FN2O2/c1-13-10(14)4-5-15-9-3-2-7(12)6-8(9)11/h2-3,6H,4-5,12H2,1H3,(H,13,14). The molecule has 15 heavy (non-hydrogen) atoms. The average Bonchev–Trinajstić information content (AvgIpc) is 2.21. The zero-order valence-corrected chi connectivity index (χ0v) is 8.42. The van der Waals surface area contributed by atoms with E-state index in [1.165, 1.54) is 25.2 Å². The van der Waals surface area contributed by atoms with Crippen molar-refractivity contribution in [2.24, 2.45) is 0 Å². The number of anilines is 1. The van der Waals surface area contributed by atoms with E-state index in [2.05, 4.69) is 5.32 Å². The van der Waals surface area contributed by atoms with Crippen molar-refractivity contribution in [3.8, 4) is 5.75 Å². The summed E-state index contributed by atoms with van der Waals surface area (Å²) in [6.07, 6.45) is 0.195. The molecule has 4 nitrogen and oxygen atoms in total. The van der Waals surface area contributed by atoms with Crippen LogP contribution in [0.15, 0.2) is 18.2 Å². The van der Waals surface area contributed by atoms with Crippen LogP contribution in [-0.4, -0.2) is 19.6 Å². The summed E-state index contributed by atoms with van der Waals surface area (Å²) in [5, 5.41) is 2.44. The number of carbonyl (C=O) groups excluding carboxylic acids is 1. The van der Waals surface area contributed by atoms with E-state index in [4.69, 9.17) is 10.5 Å². The van der Waals surface area contributed by atoms with Crippen molar-refractivity contribution in [3.05, 3.63) is 24.0 Å². The Bertz CT molecular complexity index is 355. The maximum atomic E-state index is 13.2. The molecule has 0 atom stereocenters. The van der Waals surface area contributed by atoms with Crippen molar-refractivity contribution in [1.82, 2.24) is 5.32 Å². The third-order valence-corrected chi connectivity index (χ3v) is 1.82. The lowest BCUT2D eigenvalue weighted by Crippen LogP contribution is -2.20. The monoisotopic (exact) mass is 212 g/mol. The molecule has 0 unspecified atom stereocenters. The summed E-state index contributed by atoms with van der Waals surface area (Å²) in [6.45, 7) is 0.139. The van der Waals surface area contributed by atoms with E-state index in [-0.39, 0.29) is 24.7 Å². The molecule has 0 saturated heterocycles. The highest BCUT2D eigenvalue weighted by atomic mass is 19.1. The summed E-state index contributed by atoms with van der Waals surface area (Å²) in [5.74, 6) is -0.564. The quantitative estimate of drug-likeness (QED) is 0.729. The number of amides is 1. The predicted octanol–water partition coefficient (Wildman–Crippen LogP) is 0.923. The molecule has 82 valence electrons. The van der Waals surface area contributed by atoms with Crippen LogP contribution in [0.2, 0.25) is 0 Å². The second kappa shape index (κ2) is 5.19. The van der Waals surface area contributed by atoms with Gasteiger partial charge in [0, 0.05) is 18.8 Å². The lowest BCUT2D eigenvalue weighted by molar-refractivity contribution is -0.121. The van der Waals surface area contributed by atoms with Crippen LogP contribution in [0.3, 0.4) is 0 Å². The Morgan fingerprint density at radius 2 is 2.33 bits per heavy atom. The third kappa shape index (κ3) is 3.46. The highest BCUT2D eigenvalue weighted by molar-refractivity contribution is 5.75. The molecule has 0 aliphatic heterocycles. The van der Waals surface area contributed by atoms with Gasteiger partial charge in [0.2, 0.25) is 5.91 Å². The minimum absolute atomic E-state index is 0.105. The van der Waals surface area contributed by atoms with Crippen molar-refractivity contribution in [2.75, 3.05) is 19.4 Å². The lowest BCUT2D eigenvalue weighted by atomic mass is 10.3. The van der Waals surface area contributed by atoms with Gasteiger partial charge in [-0.2, -0.15) is 0 Å². The molecule has 0 aliphatic carbocycles. The predicted molar refractivity (Wildman–Crippen MR) is 55.0 cm³/mol. The van der Waals surface area contributed by atoms with Crippen LogP contribution in [-0.2, 0) is 4.79 Å². The van der Waals surface area contributed by atoms with E-state index in [0.29, 0.717) is 5.69 Å². The van der Waals surface area contributed by atoms with Crippen molar-refractivity contribution >= 4 is 11.6 Å². The highest BCUT2D eigenvalue weighted by Crippen LogP contribution is 2.19. The summed E-state index contributed by atoms with van der Waals surface area (Å²) < 4.78 is 18.2. The molecular formula is C10H13FN2O2. The molecule has 3 N–H and O–H groups in total. The van der Waals surface area contributed by atoms with Crippen LogP contribution in [0.5, 0.6) is 5.75 Å². The Morgan fingerprint density at radius 1 is 1.60 bits per heavy atom. The molecule has 0 radical (unpaired) electrons. The van der Waals surface area contributed by atoms with Gasteiger partial charge in [0.1, 0.15) is 0 Å². The number of rotatable bonds is 4. The molecule has 1 aromatic carbocycles. The number of ether oxygens (including phenoxy) is 1. The average molecular weight is 212 g/mol. The van der Waals surface area contributed by atoms with E-state index in [1.54, 1.807) is 0 Å². The number of nitrogen functional groups attached to an aromatic ring is 1. The lowest BCUT2D eigenvalue weighted by Gasteiger charge is -2.06. The zero-order valence-electron chi connectivity index (χ0n) is 8.42. The Labute approximate surface area is 87.2 Å². The SMILES string of the molecule is CNC(=O)CCOc1ccc(N)cc1F. The number of carbonyl (C=O) groups is 1. The summed E-state index contributed by atoms with van der Waals surface area (Å²) in [6, 6.07) is 4.15. The first kappa shape index (κ1) is 11.3. The Balaban J connectivity index is 2.47. The molecule has 1 amide bonds. The van der Waals surface area contributed by atoms with E-state index in [0.717, 1.165) is 0 Å². The van der Waals surface area contributed by atoms with Gasteiger partial charge in [-0.05, 0) is 12.1 Å². The molecule has 1 aromatic rings. The molecule has 5 heteroatoms. The Kier molecular flexibility index (Phi) is 3.91. The van der Waals surface area contributed by atoms with Gasteiger partial charge in [-0.3, -0.25) is 4.79 Å². The maximum absolute atomic E-state index is 13.2. The molecular weight excluding hydrogens is 199 g/mol. The fourth-order valence-corrected chi connectivity index (χ4v) is 1.01. The molecule has 1 rings (SSSR count). The van der Waals surface area contributed by atoms with Crippen molar-refractivity contribution in [3.63, 3.8) is 0 Å². The molecule has 0 heterocycles. The Hall–Kier alpha value is -1.78. The number of nitrogens with one attached hydrogen (secondary N) is 1. The van der Waals surface area contributed by atoms with Crippen molar-refractivity contribution < 1.29 is 13.9 Å². The van der Waals surface area contributed by atoms with Gasteiger partial charge in [-0.1, -0.05) is 0 Å². The van der Waals surface area contributed by atoms with Gasteiger partial charge in [0.05, 0.1) is 13.0 Å². The first-order valence-electron chi connectivity index (χ1n) is 4.52. The van der Waals surface area contributed by atoms with Crippen LogP contribution in [0.4, 0.5) is 10.1 Å². The largest absolute Gasteiger partial charge is 0.490 e. The number of hydrogen-bond donors (Lipinski definition) is 2. The molecule has 0 aromatic heterocycles. The van der Waals surface area contributed by atoms with Gasteiger partial charge in [0.15, 0.2) is 11.6 Å². The van der Waals surface area contributed by atoms with Gasteiger partial charge in [-0.15, -0.1) is 0 Å². The van der Waals surface area contributed by atoms with Gasteiger partial charge >= 0.3 is 0 Å². The van der Waals surface area contributed by atoms with E-state index < -0.39 is 5.82 Å². The third-order valence-electron chi connectivity index (χ3n) is 1.82. The van der Waals surface area contributed by atoms with Crippen LogP contribution < -0.4 is 15.8 Å². The Morgan fingerprint density at radius 3 is 2.93 bits per heavy atom. The first-order chi connectivity index (χ1) is 7.13. The maximum Gasteiger partial charge on any atom is 0.223 e. The van der Waals surface area contributed by atoms with Gasteiger partial charge in [-0.25, -0.2) is 4.39 Å². The molecule has 0 saturated carbocycles. The van der Waals surface area contributed by atoms with Crippen LogP contribution in [0, 0.1) is 5.82 Å².